The molecule has 0 saturated carbocycles. The number of hydrogen-bond acceptors (Lipinski definition) is 4. The summed E-state index contributed by atoms with van der Waals surface area (Å²) in [6.45, 7) is 0. The lowest BCUT2D eigenvalue weighted by Crippen LogP contribution is -2.17. The molecule has 0 radical (unpaired) electrons. The zero-order valence-corrected chi connectivity index (χ0v) is 9.38. The highest BCUT2D eigenvalue weighted by molar-refractivity contribution is 5.29. The van der Waals surface area contributed by atoms with Crippen molar-refractivity contribution in [2.24, 2.45) is 12.8 Å². The third-order valence-electron chi connectivity index (χ3n) is 2.57. The summed E-state index contributed by atoms with van der Waals surface area (Å²) in [7, 11) is 3.70. The fourth-order valence-electron chi connectivity index (χ4n) is 1.64. The van der Waals surface area contributed by atoms with E-state index in [0.29, 0.717) is 5.95 Å². The van der Waals surface area contributed by atoms with E-state index < -0.39 is 0 Å². The van der Waals surface area contributed by atoms with Gasteiger partial charge in [-0.05, 0) is 5.56 Å². The summed E-state index contributed by atoms with van der Waals surface area (Å²) in [5, 5.41) is 11.0. The van der Waals surface area contributed by atoms with Gasteiger partial charge in [-0.1, -0.05) is 30.3 Å². The van der Waals surface area contributed by atoms with Crippen molar-refractivity contribution in [2.45, 2.75) is 6.04 Å². The van der Waals surface area contributed by atoms with Gasteiger partial charge in [0.1, 0.15) is 0 Å². The maximum atomic E-state index is 6.13. The Morgan fingerprint density at radius 1 is 1.25 bits per heavy atom. The van der Waals surface area contributed by atoms with Crippen molar-refractivity contribution in [3.8, 4) is 0 Å². The average Bonchev–Trinajstić information content (AvgIpc) is 2.70. The Kier molecular flexibility index (Phi) is 2.87. The van der Waals surface area contributed by atoms with Crippen LogP contribution in [0.4, 0.5) is 5.95 Å². The van der Waals surface area contributed by atoms with Crippen molar-refractivity contribution in [1.82, 2.24) is 14.8 Å². The van der Waals surface area contributed by atoms with Crippen LogP contribution in [-0.2, 0) is 7.05 Å². The number of hydrogen-bond donors (Lipinski definition) is 2. The molecule has 0 aliphatic rings. The number of nitrogens with two attached hydrogens (primary N) is 1. The average molecular weight is 217 g/mol. The van der Waals surface area contributed by atoms with Crippen LogP contribution in [0, 0.1) is 0 Å². The van der Waals surface area contributed by atoms with Gasteiger partial charge < -0.3 is 11.1 Å². The van der Waals surface area contributed by atoms with E-state index in [1.165, 1.54) is 0 Å². The summed E-state index contributed by atoms with van der Waals surface area (Å²) >= 11 is 0. The zero-order valence-electron chi connectivity index (χ0n) is 9.38. The maximum Gasteiger partial charge on any atom is 0.224 e. The normalized spacial score (nSPS) is 12.4. The first-order valence-corrected chi connectivity index (χ1v) is 5.11. The van der Waals surface area contributed by atoms with E-state index in [9.17, 15) is 0 Å². The van der Waals surface area contributed by atoms with Crippen LogP contribution >= 0.6 is 0 Å². The SMILES string of the molecule is CNc1nnc([C@H](N)c2ccccc2)n1C. The fraction of sp³-hybridized carbons (Fsp3) is 0.273. The molecule has 1 heterocycles. The molecule has 0 bridgehead atoms. The molecule has 1 aromatic carbocycles. The van der Waals surface area contributed by atoms with Crippen molar-refractivity contribution >= 4 is 5.95 Å². The Bertz CT molecular complexity index is 462. The maximum absolute atomic E-state index is 6.13. The lowest BCUT2D eigenvalue weighted by molar-refractivity contribution is 0.717. The van der Waals surface area contributed by atoms with Crippen LogP contribution in [0.2, 0.25) is 0 Å². The second kappa shape index (κ2) is 4.32. The Balaban J connectivity index is 2.34. The minimum absolute atomic E-state index is 0.249. The standard InChI is InChI=1S/C11H15N5/c1-13-11-15-14-10(16(11)2)9(12)8-6-4-3-5-7-8/h3-7,9H,12H2,1-2H3,(H,13,15)/t9-/m1/s1. The molecule has 0 unspecified atom stereocenters. The summed E-state index contributed by atoms with van der Waals surface area (Å²) in [5.41, 5.74) is 7.16. The molecule has 1 aromatic heterocycles. The number of rotatable bonds is 3. The number of benzene rings is 1. The van der Waals surface area contributed by atoms with Gasteiger partial charge in [0.2, 0.25) is 5.95 Å². The zero-order chi connectivity index (χ0) is 11.5. The first kappa shape index (κ1) is 10.6. The smallest absolute Gasteiger partial charge is 0.224 e. The Labute approximate surface area is 94.3 Å². The molecule has 0 fully saturated rings. The van der Waals surface area contributed by atoms with Crippen LogP contribution in [-0.4, -0.2) is 21.8 Å². The summed E-state index contributed by atoms with van der Waals surface area (Å²) in [6.07, 6.45) is 0. The van der Waals surface area contributed by atoms with Crippen molar-refractivity contribution in [3.63, 3.8) is 0 Å². The summed E-state index contributed by atoms with van der Waals surface area (Å²) in [4.78, 5) is 0. The summed E-state index contributed by atoms with van der Waals surface area (Å²) in [5.74, 6) is 1.46. The van der Waals surface area contributed by atoms with Crippen LogP contribution in [0.25, 0.3) is 0 Å². The second-order valence-corrected chi connectivity index (χ2v) is 3.58. The molecule has 0 aliphatic heterocycles. The molecule has 5 nitrogen and oxygen atoms in total. The van der Waals surface area contributed by atoms with Gasteiger partial charge in [0, 0.05) is 14.1 Å². The van der Waals surface area contributed by atoms with Gasteiger partial charge in [-0.15, -0.1) is 10.2 Å². The topological polar surface area (TPSA) is 68.8 Å². The Morgan fingerprint density at radius 3 is 2.50 bits per heavy atom. The van der Waals surface area contributed by atoms with Crippen molar-refractivity contribution in [3.05, 3.63) is 41.7 Å². The van der Waals surface area contributed by atoms with E-state index in [4.69, 9.17) is 5.73 Å². The molecule has 2 rings (SSSR count). The molecule has 84 valence electrons. The van der Waals surface area contributed by atoms with E-state index in [0.717, 1.165) is 11.4 Å². The summed E-state index contributed by atoms with van der Waals surface area (Å²) in [6, 6.07) is 9.61. The van der Waals surface area contributed by atoms with Crippen molar-refractivity contribution in [1.29, 1.82) is 0 Å². The van der Waals surface area contributed by atoms with Crippen LogP contribution in [0.1, 0.15) is 17.4 Å². The van der Waals surface area contributed by atoms with Gasteiger partial charge in [0.05, 0.1) is 6.04 Å². The number of anilines is 1. The largest absolute Gasteiger partial charge is 0.357 e. The molecule has 2 aromatic rings. The monoisotopic (exact) mass is 217 g/mol. The number of aromatic nitrogens is 3. The van der Waals surface area contributed by atoms with E-state index in [1.54, 1.807) is 0 Å². The van der Waals surface area contributed by atoms with Crippen molar-refractivity contribution in [2.75, 3.05) is 12.4 Å². The van der Waals surface area contributed by atoms with Crippen LogP contribution in [0.15, 0.2) is 30.3 Å². The van der Waals surface area contributed by atoms with Gasteiger partial charge in [-0.2, -0.15) is 0 Å². The van der Waals surface area contributed by atoms with Crippen LogP contribution in [0.3, 0.4) is 0 Å². The van der Waals surface area contributed by atoms with Gasteiger partial charge in [-0.25, -0.2) is 0 Å². The second-order valence-electron chi connectivity index (χ2n) is 3.58. The third-order valence-corrected chi connectivity index (χ3v) is 2.57. The highest BCUT2D eigenvalue weighted by atomic mass is 15.3. The van der Waals surface area contributed by atoms with Crippen LogP contribution in [0.5, 0.6) is 0 Å². The first-order valence-electron chi connectivity index (χ1n) is 5.11. The molecule has 0 spiro atoms. The molecule has 16 heavy (non-hydrogen) atoms. The van der Waals surface area contributed by atoms with E-state index in [-0.39, 0.29) is 6.04 Å². The minimum Gasteiger partial charge on any atom is -0.357 e. The molecule has 1 atom stereocenters. The highest BCUT2D eigenvalue weighted by Gasteiger charge is 2.16. The first-order chi connectivity index (χ1) is 7.74. The quantitative estimate of drug-likeness (QED) is 0.801. The molecular formula is C11H15N5. The Hall–Kier alpha value is -1.88. The lowest BCUT2D eigenvalue weighted by Gasteiger charge is -2.11. The molecule has 5 heteroatoms. The molecule has 0 saturated heterocycles. The van der Waals surface area contributed by atoms with Gasteiger partial charge in [-0.3, -0.25) is 4.57 Å². The number of nitrogens with zero attached hydrogens (tertiary/aromatic N) is 3. The number of nitrogens with one attached hydrogen (secondary N) is 1. The van der Waals surface area contributed by atoms with Gasteiger partial charge >= 0.3 is 0 Å². The lowest BCUT2D eigenvalue weighted by atomic mass is 10.1. The predicted molar refractivity (Wildman–Crippen MR) is 63.0 cm³/mol. The van der Waals surface area contributed by atoms with E-state index in [2.05, 4.69) is 15.5 Å². The summed E-state index contributed by atoms with van der Waals surface area (Å²) < 4.78 is 1.86. The van der Waals surface area contributed by atoms with Crippen LogP contribution < -0.4 is 11.1 Å². The van der Waals surface area contributed by atoms with Gasteiger partial charge in [0.15, 0.2) is 5.82 Å². The molecular weight excluding hydrogens is 202 g/mol. The fourth-order valence-corrected chi connectivity index (χ4v) is 1.64. The van der Waals surface area contributed by atoms with Crippen molar-refractivity contribution < 1.29 is 0 Å². The molecule has 3 N–H and O–H groups in total. The highest BCUT2D eigenvalue weighted by Crippen LogP contribution is 2.18. The minimum atomic E-state index is -0.249. The third kappa shape index (κ3) is 1.77. The molecule has 0 amide bonds. The van der Waals surface area contributed by atoms with E-state index >= 15 is 0 Å². The van der Waals surface area contributed by atoms with E-state index in [1.807, 2.05) is 49.0 Å². The molecule has 0 aliphatic carbocycles. The predicted octanol–water partition coefficient (Wildman–Crippen LogP) is 0.905. The Morgan fingerprint density at radius 2 is 1.94 bits per heavy atom. The van der Waals surface area contributed by atoms with Gasteiger partial charge in [0.25, 0.3) is 0 Å².